The first-order valence-electron chi connectivity index (χ1n) is 3.93. The average Bonchev–Trinajstić information content (AvgIpc) is 2.17. The van der Waals surface area contributed by atoms with Crippen molar-refractivity contribution in [2.75, 3.05) is 12.4 Å². The van der Waals surface area contributed by atoms with Crippen molar-refractivity contribution in [1.82, 2.24) is 9.97 Å². The molecule has 72 valence electrons. The minimum atomic E-state index is -0.553. The minimum Gasteiger partial charge on any atom is -0.394 e. The first kappa shape index (κ1) is 10.4. The van der Waals surface area contributed by atoms with Crippen LogP contribution in [0.5, 0.6) is 0 Å². The maximum atomic E-state index is 8.90. The molecule has 0 saturated heterocycles. The molecule has 0 aromatic carbocycles. The lowest BCUT2D eigenvalue weighted by atomic mass is 10.1. The highest BCUT2D eigenvalue weighted by Crippen LogP contribution is 2.17. The number of thioether (sulfide) groups is 1. The van der Waals surface area contributed by atoms with Crippen molar-refractivity contribution >= 4 is 11.8 Å². The van der Waals surface area contributed by atoms with Gasteiger partial charge in [-0.25, -0.2) is 4.98 Å². The average molecular weight is 199 g/mol. The molecule has 0 aliphatic rings. The Morgan fingerprint density at radius 1 is 1.62 bits per heavy atom. The van der Waals surface area contributed by atoms with E-state index < -0.39 is 5.54 Å². The van der Waals surface area contributed by atoms with E-state index in [0.29, 0.717) is 5.75 Å². The van der Waals surface area contributed by atoms with E-state index in [-0.39, 0.29) is 6.61 Å². The van der Waals surface area contributed by atoms with E-state index in [0.717, 1.165) is 5.03 Å². The van der Waals surface area contributed by atoms with Crippen molar-refractivity contribution in [3.05, 3.63) is 18.6 Å². The fourth-order valence-electron chi connectivity index (χ4n) is 0.644. The number of nitrogens with two attached hydrogens (primary N) is 1. The van der Waals surface area contributed by atoms with Gasteiger partial charge in [0.05, 0.1) is 12.8 Å². The summed E-state index contributed by atoms with van der Waals surface area (Å²) in [5.74, 6) is 0.627. The Labute approximate surface area is 81.6 Å². The van der Waals surface area contributed by atoms with Gasteiger partial charge in [0.25, 0.3) is 0 Å². The Balaban J connectivity index is 2.44. The SMILES string of the molecule is CC(N)(CO)CSc1cnccn1. The van der Waals surface area contributed by atoms with Crippen LogP contribution < -0.4 is 5.73 Å². The molecule has 1 aromatic rings. The fourth-order valence-corrected chi connectivity index (χ4v) is 1.48. The van der Waals surface area contributed by atoms with Crippen molar-refractivity contribution in [3.63, 3.8) is 0 Å². The maximum absolute atomic E-state index is 8.90. The molecule has 1 atom stereocenters. The van der Waals surface area contributed by atoms with Gasteiger partial charge in [-0.2, -0.15) is 0 Å². The molecule has 1 heterocycles. The molecule has 3 N–H and O–H groups in total. The Hall–Kier alpha value is -0.650. The molecule has 0 spiro atoms. The smallest absolute Gasteiger partial charge is 0.114 e. The zero-order chi connectivity index (χ0) is 9.73. The Morgan fingerprint density at radius 2 is 2.38 bits per heavy atom. The summed E-state index contributed by atoms with van der Waals surface area (Å²) in [4.78, 5) is 8.00. The van der Waals surface area contributed by atoms with E-state index in [1.165, 1.54) is 11.8 Å². The molecule has 0 aliphatic heterocycles. The number of hydrogen-bond acceptors (Lipinski definition) is 5. The van der Waals surface area contributed by atoms with Crippen molar-refractivity contribution in [3.8, 4) is 0 Å². The monoisotopic (exact) mass is 199 g/mol. The topological polar surface area (TPSA) is 72.0 Å². The van der Waals surface area contributed by atoms with Crippen LogP contribution in [-0.4, -0.2) is 33.0 Å². The molecule has 0 saturated carbocycles. The highest BCUT2D eigenvalue weighted by molar-refractivity contribution is 7.99. The number of aliphatic hydroxyl groups excluding tert-OH is 1. The van der Waals surface area contributed by atoms with Crippen molar-refractivity contribution in [1.29, 1.82) is 0 Å². The van der Waals surface area contributed by atoms with E-state index >= 15 is 0 Å². The van der Waals surface area contributed by atoms with Gasteiger partial charge >= 0.3 is 0 Å². The van der Waals surface area contributed by atoms with Gasteiger partial charge in [-0.3, -0.25) is 4.98 Å². The third kappa shape index (κ3) is 3.71. The van der Waals surface area contributed by atoms with Gasteiger partial charge in [0, 0.05) is 23.7 Å². The standard InChI is InChI=1S/C8H13N3OS/c1-8(9,5-12)6-13-7-4-10-2-3-11-7/h2-4,12H,5-6,9H2,1H3. The van der Waals surface area contributed by atoms with E-state index in [2.05, 4.69) is 9.97 Å². The largest absolute Gasteiger partial charge is 0.394 e. The van der Waals surface area contributed by atoms with Gasteiger partial charge in [0.15, 0.2) is 0 Å². The van der Waals surface area contributed by atoms with Gasteiger partial charge in [0.1, 0.15) is 5.03 Å². The summed E-state index contributed by atoms with van der Waals surface area (Å²) in [7, 11) is 0. The molecule has 0 amide bonds. The maximum Gasteiger partial charge on any atom is 0.114 e. The summed E-state index contributed by atoms with van der Waals surface area (Å²) >= 11 is 1.49. The van der Waals surface area contributed by atoms with Crippen molar-refractivity contribution < 1.29 is 5.11 Å². The first-order chi connectivity index (χ1) is 6.14. The number of aromatic nitrogens is 2. The number of hydrogen-bond donors (Lipinski definition) is 2. The molecule has 1 unspecified atom stereocenters. The summed E-state index contributed by atoms with van der Waals surface area (Å²) in [6.45, 7) is 1.77. The summed E-state index contributed by atoms with van der Waals surface area (Å²) in [6, 6.07) is 0. The van der Waals surface area contributed by atoms with Crippen LogP contribution in [-0.2, 0) is 0 Å². The first-order valence-corrected chi connectivity index (χ1v) is 4.91. The molecular weight excluding hydrogens is 186 g/mol. The molecule has 0 fully saturated rings. The quantitative estimate of drug-likeness (QED) is 0.681. The van der Waals surface area contributed by atoms with Crippen LogP contribution in [0, 0.1) is 0 Å². The Bertz CT molecular complexity index is 253. The minimum absolute atomic E-state index is 0.0275. The third-order valence-electron chi connectivity index (χ3n) is 1.45. The fraction of sp³-hybridized carbons (Fsp3) is 0.500. The van der Waals surface area contributed by atoms with Gasteiger partial charge < -0.3 is 10.8 Å². The lowest BCUT2D eigenvalue weighted by Gasteiger charge is -2.20. The van der Waals surface area contributed by atoms with Crippen LogP contribution in [0.3, 0.4) is 0 Å². The van der Waals surface area contributed by atoms with Crippen LogP contribution in [0.25, 0.3) is 0 Å². The van der Waals surface area contributed by atoms with E-state index in [4.69, 9.17) is 10.8 Å². The van der Waals surface area contributed by atoms with Gasteiger partial charge in [-0.05, 0) is 6.92 Å². The number of nitrogens with zero attached hydrogens (tertiary/aromatic N) is 2. The van der Waals surface area contributed by atoms with Crippen LogP contribution in [0.1, 0.15) is 6.92 Å². The normalized spacial score (nSPS) is 15.3. The molecule has 1 aromatic heterocycles. The van der Waals surface area contributed by atoms with Crippen LogP contribution in [0.2, 0.25) is 0 Å². The highest BCUT2D eigenvalue weighted by atomic mass is 32.2. The van der Waals surface area contributed by atoms with Crippen LogP contribution >= 0.6 is 11.8 Å². The molecule has 0 aliphatic carbocycles. The van der Waals surface area contributed by atoms with Crippen molar-refractivity contribution in [2.24, 2.45) is 5.73 Å². The highest BCUT2D eigenvalue weighted by Gasteiger charge is 2.17. The summed E-state index contributed by atoms with van der Waals surface area (Å²) in [5.41, 5.74) is 5.19. The second-order valence-electron chi connectivity index (χ2n) is 3.14. The zero-order valence-corrected chi connectivity index (χ0v) is 8.29. The summed E-state index contributed by atoms with van der Waals surface area (Å²) < 4.78 is 0. The molecular formula is C8H13N3OS. The third-order valence-corrected chi connectivity index (χ3v) is 2.76. The van der Waals surface area contributed by atoms with E-state index in [9.17, 15) is 0 Å². The second kappa shape index (κ2) is 4.55. The number of rotatable bonds is 4. The molecule has 0 radical (unpaired) electrons. The van der Waals surface area contributed by atoms with Gasteiger partial charge in [-0.15, -0.1) is 11.8 Å². The molecule has 4 nitrogen and oxygen atoms in total. The summed E-state index contributed by atoms with van der Waals surface area (Å²) in [6.07, 6.45) is 4.94. The predicted octanol–water partition coefficient (Wildman–Crippen LogP) is 0.278. The predicted molar refractivity (Wildman–Crippen MR) is 52.4 cm³/mol. The zero-order valence-electron chi connectivity index (χ0n) is 7.47. The Morgan fingerprint density at radius 3 is 2.92 bits per heavy atom. The van der Waals surface area contributed by atoms with Gasteiger partial charge in [0.2, 0.25) is 0 Å². The second-order valence-corrected chi connectivity index (χ2v) is 4.14. The van der Waals surface area contributed by atoms with Crippen LogP contribution in [0.15, 0.2) is 23.6 Å². The molecule has 1 rings (SSSR count). The molecule has 13 heavy (non-hydrogen) atoms. The lowest BCUT2D eigenvalue weighted by molar-refractivity contribution is 0.224. The number of aliphatic hydroxyl groups is 1. The van der Waals surface area contributed by atoms with Crippen molar-refractivity contribution in [2.45, 2.75) is 17.5 Å². The van der Waals surface area contributed by atoms with E-state index in [1.54, 1.807) is 25.5 Å². The van der Waals surface area contributed by atoms with E-state index in [1.807, 2.05) is 0 Å². The molecule has 0 bridgehead atoms. The summed E-state index contributed by atoms with van der Waals surface area (Å²) in [5, 5.41) is 9.72. The Kier molecular flexibility index (Phi) is 3.65. The van der Waals surface area contributed by atoms with Gasteiger partial charge in [-0.1, -0.05) is 0 Å². The molecule has 5 heteroatoms. The lowest BCUT2D eigenvalue weighted by Crippen LogP contribution is -2.42. The van der Waals surface area contributed by atoms with Crippen LogP contribution in [0.4, 0.5) is 0 Å².